The molecular weight excluding hydrogens is 210 g/mol. The number of halogens is 1. The van der Waals surface area contributed by atoms with Crippen LogP contribution >= 0.6 is 11.6 Å². The molecule has 0 aliphatic rings. The predicted octanol–water partition coefficient (Wildman–Crippen LogP) is 2.43. The Labute approximate surface area is 92.3 Å². The maximum atomic E-state index is 8.61. The average Bonchev–Trinajstić information content (AvgIpc) is 2.28. The number of hydrogen-bond acceptors (Lipinski definition) is 3. The summed E-state index contributed by atoms with van der Waals surface area (Å²) in [5.41, 5.74) is 2.35. The van der Waals surface area contributed by atoms with Crippen LogP contribution in [0.3, 0.4) is 0 Å². The predicted molar refractivity (Wildman–Crippen MR) is 58.4 cm³/mol. The molecule has 2 aromatic heterocycles. The molecule has 2 heterocycles. The normalized spacial score (nSPS) is 10.1. The van der Waals surface area contributed by atoms with Crippen molar-refractivity contribution in [2.24, 2.45) is 0 Å². The van der Waals surface area contributed by atoms with Gasteiger partial charge in [-0.1, -0.05) is 0 Å². The van der Waals surface area contributed by atoms with Gasteiger partial charge in [0.05, 0.1) is 35.3 Å². The maximum Gasteiger partial charge on any atom is 0.0775 e. The van der Waals surface area contributed by atoms with Crippen LogP contribution < -0.4 is 0 Å². The largest absolute Gasteiger partial charge is 0.256 e. The molecule has 15 heavy (non-hydrogen) atoms. The van der Waals surface area contributed by atoms with Crippen LogP contribution in [0, 0.1) is 11.3 Å². The van der Waals surface area contributed by atoms with E-state index in [2.05, 4.69) is 16.0 Å². The zero-order chi connectivity index (χ0) is 10.7. The van der Waals surface area contributed by atoms with Gasteiger partial charge in [0.2, 0.25) is 0 Å². The molecule has 0 aromatic carbocycles. The third kappa shape index (κ3) is 1.90. The number of hydrogen-bond donors (Lipinski definition) is 0. The van der Waals surface area contributed by atoms with Crippen LogP contribution in [0.1, 0.15) is 11.4 Å². The molecule has 0 radical (unpaired) electrons. The first kappa shape index (κ1) is 9.88. The maximum absolute atomic E-state index is 8.61. The summed E-state index contributed by atoms with van der Waals surface area (Å²) in [6.45, 7) is 0. The van der Waals surface area contributed by atoms with Crippen molar-refractivity contribution in [1.29, 1.82) is 5.26 Å². The Morgan fingerprint density at radius 2 is 2.33 bits per heavy atom. The Balaban J connectivity index is 2.67. The first-order chi connectivity index (χ1) is 7.35. The zero-order valence-electron chi connectivity index (χ0n) is 7.94. The second kappa shape index (κ2) is 4.24. The standard InChI is InChI=1S/C11H8ClN3/c12-7-11-9-2-1-5-14-10(9)6-8(15-11)3-4-13/h1-2,5-6H,3,7H2. The van der Waals surface area contributed by atoms with Gasteiger partial charge in [-0.3, -0.25) is 9.97 Å². The second-order valence-electron chi connectivity index (χ2n) is 3.10. The topological polar surface area (TPSA) is 49.6 Å². The minimum absolute atomic E-state index is 0.288. The van der Waals surface area contributed by atoms with Crippen LogP contribution in [-0.4, -0.2) is 9.97 Å². The highest BCUT2D eigenvalue weighted by atomic mass is 35.5. The summed E-state index contributed by atoms with van der Waals surface area (Å²) in [5, 5.41) is 9.56. The quantitative estimate of drug-likeness (QED) is 0.726. The van der Waals surface area contributed by atoms with Gasteiger partial charge in [-0.15, -0.1) is 11.6 Å². The van der Waals surface area contributed by atoms with Crippen LogP contribution in [0.5, 0.6) is 0 Å². The lowest BCUT2D eigenvalue weighted by Crippen LogP contribution is -1.95. The fourth-order valence-electron chi connectivity index (χ4n) is 1.47. The monoisotopic (exact) mass is 217 g/mol. The number of alkyl halides is 1. The molecule has 74 valence electrons. The molecule has 2 rings (SSSR count). The van der Waals surface area contributed by atoms with Crippen LogP contribution in [0.2, 0.25) is 0 Å². The summed E-state index contributed by atoms with van der Waals surface area (Å²) in [7, 11) is 0. The fourth-order valence-corrected chi connectivity index (χ4v) is 1.68. The Morgan fingerprint density at radius 3 is 3.07 bits per heavy atom. The highest BCUT2D eigenvalue weighted by molar-refractivity contribution is 6.17. The van der Waals surface area contributed by atoms with E-state index in [9.17, 15) is 0 Å². The van der Waals surface area contributed by atoms with Gasteiger partial charge in [0.15, 0.2) is 0 Å². The van der Waals surface area contributed by atoms with Crippen LogP contribution in [0.15, 0.2) is 24.4 Å². The molecular formula is C11H8ClN3. The van der Waals surface area contributed by atoms with E-state index in [-0.39, 0.29) is 6.42 Å². The van der Waals surface area contributed by atoms with Crippen molar-refractivity contribution in [3.05, 3.63) is 35.8 Å². The molecule has 0 spiro atoms. The number of fused-ring (bicyclic) bond motifs is 1. The minimum atomic E-state index is 0.288. The molecule has 0 atom stereocenters. The van der Waals surface area contributed by atoms with Crippen molar-refractivity contribution in [1.82, 2.24) is 9.97 Å². The molecule has 0 aliphatic heterocycles. The van der Waals surface area contributed by atoms with Crippen LogP contribution in [0.25, 0.3) is 10.9 Å². The van der Waals surface area contributed by atoms with Crippen LogP contribution in [-0.2, 0) is 12.3 Å². The average molecular weight is 218 g/mol. The molecule has 0 saturated carbocycles. The van der Waals surface area contributed by atoms with E-state index in [0.29, 0.717) is 5.88 Å². The van der Waals surface area contributed by atoms with Gasteiger partial charge in [0.1, 0.15) is 0 Å². The van der Waals surface area contributed by atoms with E-state index in [1.54, 1.807) is 6.20 Å². The highest BCUT2D eigenvalue weighted by Gasteiger charge is 2.05. The second-order valence-corrected chi connectivity index (χ2v) is 3.37. The van der Waals surface area contributed by atoms with E-state index in [0.717, 1.165) is 22.3 Å². The zero-order valence-corrected chi connectivity index (χ0v) is 8.70. The van der Waals surface area contributed by atoms with Crippen molar-refractivity contribution in [2.45, 2.75) is 12.3 Å². The van der Waals surface area contributed by atoms with Crippen molar-refractivity contribution in [3.63, 3.8) is 0 Å². The van der Waals surface area contributed by atoms with Gasteiger partial charge >= 0.3 is 0 Å². The Morgan fingerprint density at radius 1 is 1.47 bits per heavy atom. The van der Waals surface area contributed by atoms with Crippen molar-refractivity contribution < 1.29 is 0 Å². The van der Waals surface area contributed by atoms with Gasteiger partial charge in [-0.2, -0.15) is 5.26 Å². The van der Waals surface area contributed by atoms with E-state index >= 15 is 0 Å². The lowest BCUT2D eigenvalue weighted by Gasteiger charge is -2.04. The Kier molecular flexibility index (Phi) is 2.79. The molecule has 0 amide bonds. The number of nitriles is 1. The molecule has 3 nitrogen and oxygen atoms in total. The first-order valence-corrected chi connectivity index (χ1v) is 5.05. The molecule has 4 heteroatoms. The first-order valence-electron chi connectivity index (χ1n) is 4.51. The summed E-state index contributed by atoms with van der Waals surface area (Å²) < 4.78 is 0. The molecule has 0 bridgehead atoms. The number of pyridine rings is 2. The lowest BCUT2D eigenvalue weighted by atomic mass is 10.1. The lowest BCUT2D eigenvalue weighted by molar-refractivity contribution is 1.07. The molecule has 0 aliphatic carbocycles. The van der Waals surface area contributed by atoms with E-state index in [1.807, 2.05) is 18.2 Å². The number of aromatic nitrogens is 2. The fraction of sp³-hybridized carbons (Fsp3) is 0.182. The summed E-state index contributed by atoms with van der Waals surface area (Å²) in [6.07, 6.45) is 2.01. The van der Waals surface area contributed by atoms with Gasteiger partial charge < -0.3 is 0 Å². The molecule has 0 unspecified atom stereocenters. The highest BCUT2D eigenvalue weighted by Crippen LogP contribution is 2.17. The molecule has 2 aromatic rings. The number of rotatable bonds is 2. The van der Waals surface area contributed by atoms with Crippen LogP contribution in [0.4, 0.5) is 0 Å². The van der Waals surface area contributed by atoms with Gasteiger partial charge in [0, 0.05) is 11.6 Å². The molecule has 0 fully saturated rings. The third-order valence-corrected chi connectivity index (χ3v) is 2.37. The number of nitrogens with zero attached hydrogens (tertiary/aromatic N) is 3. The Bertz CT molecular complexity index is 531. The van der Waals surface area contributed by atoms with Gasteiger partial charge in [0.25, 0.3) is 0 Å². The van der Waals surface area contributed by atoms with E-state index in [1.165, 1.54) is 0 Å². The SMILES string of the molecule is N#CCc1cc2ncccc2c(CCl)n1. The van der Waals surface area contributed by atoms with Gasteiger partial charge in [-0.25, -0.2) is 0 Å². The van der Waals surface area contributed by atoms with Crippen molar-refractivity contribution in [2.75, 3.05) is 0 Å². The van der Waals surface area contributed by atoms with E-state index in [4.69, 9.17) is 16.9 Å². The molecule has 0 saturated heterocycles. The smallest absolute Gasteiger partial charge is 0.0775 e. The summed E-state index contributed by atoms with van der Waals surface area (Å²) in [5.74, 6) is 0.335. The Hall–Kier alpha value is -1.66. The third-order valence-electron chi connectivity index (χ3n) is 2.12. The van der Waals surface area contributed by atoms with Crippen molar-refractivity contribution in [3.8, 4) is 6.07 Å². The summed E-state index contributed by atoms with van der Waals surface area (Å²) >= 11 is 5.80. The minimum Gasteiger partial charge on any atom is -0.256 e. The molecule has 0 N–H and O–H groups in total. The summed E-state index contributed by atoms with van der Waals surface area (Å²) in [4.78, 5) is 8.54. The van der Waals surface area contributed by atoms with Crippen molar-refractivity contribution >= 4 is 22.5 Å². The van der Waals surface area contributed by atoms with Gasteiger partial charge in [-0.05, 0) is 18.2 Å². The summed E-state index contributed by atoms with van der Waals surface area (Å²) in [6, 6.07) is 7.68. The van der Waals surface area contributed by atoms with E-state index < -0.39 is 0 Å².